The number of anilines is 2. The zero-order valence-corrected chi connectivity index (χ0v) is 17.7. The molecule has 1 fully saturated rings. The van der Waals surface area contributed by atoms with Crippen molar-refractivity contribution < 1.29 is 8.42 Å². The number of fused-ring (bicyclic) bond motifs is 3. The third kappa shape index (κ3) is 3.56. The molecular weight excluding hydrogens is 400 g/mol. The molecule has 0 bridgehead atoms. The summed E-state index contributed by atoms with van der Waals surface area (Å²) in [7, 11) is -3.43. The quantitative estimate of drug-likeness (QED) is 0.687. The molecule has 30 heavy (non-hydrogen) atoms. The zero-order chi connectivity index (χ0) is 20.6. The van der Waals surface area contributed by atoms with Crippen LogP contribution in [0.5, 0.6) is 0 Å². The predicted octanol–water partition coefficient (Wildman–Crippen LogP) is 3.47. The first kappa shape index (κ1) is 19.4. The number of hydrogen-bond donors (Lipinski definition) is 1. The number of imidazole rings is 1. The van der Waals surface area contributed by atoms with Crippen molar-refractivity contribution in [2.24, 2.45) is 0 Å². The Hall–Kier alpha value is -2.52. The monoisotopic (exact) mass is 426 g/mol. The lowest BCUT2D eigenvalue weighted by atomic mass is 10.2. The number of aryl methyl sites for hydroxylation is 2. The van der Waals surface area contributed by atoms with Crippen LogP contribution >= 0.6 is 0 Å². The van der Waals surface area contributed by atoms with E-state index in [1.807, 2.05) is 0 Å². The Bertz CT molecular complexity index is 1150. The first-order valence-corrected chi connectivity index (χ1v) is 12.1. The van der Waals surface area contributed by atoms with Gasteiger partial charge >= 0.3 is 0 Å². The van der Waals surface area contributed by atoms with Gasteiger partial charge in [0.1, 0.15) is 12.2 Å². The summed E-state index contributed by atoms with van der Waals surface area (Å²) in [5.74, 6) is 1.71. The third-order valence-corrected chi connectivity index (χ3v) is 7.88. The lowest BCUT2D eigenvalue weighted by Crippen LogP contribution is -2.35. The van der Waals surface area contributed by atoms with E-state index in [4.69, 9.17) is 4.98 Å². The van der Waals surface area contributed by atoms with Crippen molar-refractivity contribution in [3.8, 4) is 0 Å². The van der Waals surface area contributed by atoms with Crippen LogP contribution in [0.15, 0.2) is 35.5 Å². The second kappa shape index (κ2) is 7.96. The molecular formula is C21H26N6O2S. The zero-order valence-electron chi connectivity index (χ0n) is 16.9. The van der Waals surface area contributed by atoms with Gasteiger partial charge in [0.25, 0.3) is 0 Å². The molecule has 0 saturated carbocycles. The SMILES string of the molecule is O=S(=O)(c1ccc(Nc2ncnc3c2nc2n3CCCCC2)cc1)N1CCCCC1. The van der Waals surface area contributed by atoms with Crippen LogP contribution in [0.2, 0.25) is 0 Å². The summed E-state index contributed by atoms with van der Waals surface area (Å²) in [6.07, 6.45) is 8.96. The predicted molar refractivity (Wildman–Crippen MR) is 115 cm³/mol. The van der Waals surface area contributed by atoms with E-state index in [2.05, 4.69) is 19.9 Å². The van der Waals surface area contributed by atoms with Crippen molar-refractivity contribution in [3.63, 3.8) is 0 Å². The Labute approximate surface area is 176 Å². The van der Waals surface area contributed by atoms with Crippen LogP contribution < -0.4 is 5.32 Å². The summed E-state index contributed by atoms with van der Waals surface area (Å²) in [5.41, 5.74) is 2.39. The van der Waals surface area contributed by atoms with Gasteiger partial charge in [-0.3, -0.25) is 0 Å². The molecule has 0 radical (unpaired) electrons. The molecule has 9 heteroatoms. The maximum atomic E-state index is 12.8. The first-order chi connectivity index (χ1) is 14.6. The number of nitrogens with zero attached hydrogens (tertiary/aromatic N) is 5. The smallest absolute Gasteiger partial charge is 0.243 e. The lowest BCUT2D eigenvalue weighted by Gasteiger charge is -2.25. The van der Waals surface area contributed by atoms with E-state index in [1.165, 1.54) is 6.42 Å². The molecule has 1 aromatic carbocycles. The van der Waals surface area contributed by atoms with Gasteiger partial charge in [0.05, 0.1) is 4.90 Å². The molecule has 0 atom stereocenters. The third-order valence-electron chi connectivity index (χ3n) is 5.96. The van der Waals surface area contributed by atoms with Gasteiger partial charge in [0, 0.05) is 31.7 Å². The normalized spacial score (nSPS) is 18.1. The van der Waals surface area contributed by atoms with Gasteiger partial charge in [-0.05, 0) is 49.9 Å². The van der Waals surface area contributed by atoms with E-state index in [-0.39, 0.29) is 0 Å². The molecule has 1 N–H and O–H groups in total. The minimum absolute atomic E-state index is 0.330. The van der Waals surface area contributed by atoms with E-state index < -0.39 is 10.0 Å². The molecule has 8 nitrogen and oxygen atoms in total. The first-order valence-electron chi connectivity index (χ1n) is 10.7. The van der Waals surface area contributed by atoms with E-state index in [0.29, 0.717) is 23.8 Å². The maximum absolute atomic E-state index is 12.8. The lowest BCUT2D eigenvalue weighted by molar-refractivity contribution is 0.346. The largest absolute Gasteiger partial charge is 0.338 e. The van der Waals surface area contributed by atoms with Crippen LogP contribution in [0.3, 0.4) is 0 Å². The standard InChI is InChI=1S/C21H26N6O2S/c28-30(29,26-12-4-2-5-13-26)17-10-8-16(9-11-17)24-20-19-21(23-15-22-20)27-14-6-1-3-7-18(27)25-19/h8-11,15H,1-7,12-14H2,(H,22,23,24). The summed E-state index contributed by atoms with van der Waals surface area (Å²) < 4.78 is 29.5. The van der Waals surface area contributed by atoms with E-state index in [1.54, 1.807) is 34.9 Å². The van der Waals surface area contributed by atoms with Gasteiger partial charge in [-0.2, -0.15) is 4.31 Å². The maximum Gasteiger partial charge on any atom is 0.243 e. The highest BCUT2D eigenvalue weighted by atomic mass is 32.2. The minimum Gasteiger partial charge on any atom is -0.338 e. The highest BCUT2D eigenvalue weighted by Gasteiger charge is 2.25. The number of benzene rings is 1. The fourth-order valence-electron chi connectivity index (χ4n) is 4.33. The van der Waals surface area contributed by atoms with Gasteiger partial charge in [-0.25, -0.2) is 23.4 Å². The van der Waals surface area contributed by atoms with Crippen molar-refractivity contribution in [2.75, 3.05) is 18.4 Å². The van der Waals surface area contributed by atoms with E-state index in [0.717, 1.165) is 67.7 Å². The topological polar surface area (TPSA) is 93.0 Å². The number of rotatable bonds is 4. The Kier molecular flexibility index (Phi) is 5.16. The van der Waals surface area contributed by atoms with Gasteiger partial charge in [-0.15, -0.1) is 0 Å². The van der Waals surface area contributed by atoms with Crippen LogP contribution in [-0.4, -0.2) is 45.3 Å². The van der Waals surface area contributed by atoms with Crippen LogP contribution in [0.1, 0.15) is 44.3 Å². The Balaban J connectivity index is 1.41. The molecule has 2 aliphatic heterocycles. The average Bonchev–Trinajstić information content (AvgIpc) is 2.97. The second-order valence-electron chi connectivity index (χ2n) is 8.00. The molecule has 1 saturated heterocycles. The number of piperidine rings is 1. The van der Waals surface area contributed by atoms with Gasteiger partial charge in [0.2, 0.25) is 10.0 Å². The summed E-state index contributed by atoms with van der Waals surface area (Å²) in [5, 5.41) is 3.29. The fourth-order valence-corrected chi connectivity index (χ4v) is 5.85. The Morgan fingerprint density at radius 2 is 1.60 bits per heavy atom. The summed E-state index contributed by atoms with van der Waals surface area (Å²) in [4.78, 5) is 14.0. The fraction of sp³-hybridized carbons (Fsp3) is 0.476. The van der Waals surface area contributed by atoms with Crippen LogP contribution in [0.4, 0.5) is 11.5 Å². The van der Waals surface area contributed by atoms with Gasteiger partial charge in [0.15, 0.2) is 17.0 Å². The molecule has 0 unspecified atom stereocenters. The Morgan fingerprint density at radius 3 is 2.40 bits per heavy atom. The molecule has 3 aromatic rings. The number of hydrogen-bond acceptors (Lipinski definition) is 6. The molecule has 5 rings (SSSR count). The molecule has 158 valence electrons. The molecule has 4 heterocycles. The summed E-state index contributed by atoms with van der Waals surface area (Å²) >= 11 is 0. The Morgan fingerprint density at radius 1 is 0.867 bits per heavy atom. The van der Waals surface area contributed by atoms with Crippen LogP contribution in [-0.2, 0) is 23.0 Å². The number of aromatic nitrogens is 4. The number of sulfonamides is 1. The highest BCUT2D eigenvalue weighted by molar-refractivity contribution is 7.89. The summed E-state index contributed by atoms with van der Waals surface area (Å²) in [6.45, 7) is 2.14. The van der Waals surface area contributed by atoms with Crippen LogP contribution in [0.25, 0.3) is 11.2 Å². The van der Waals surface area contributed by atoms with Crippen LogP contribution in [0, 0.1) is 0 Å². The van der Waals surface area contributed by atoms with Crippen molar-refractivity contribution in [3.05, 3.63) is 36.4 Å². The van der Waals surface area contributed by atoms with Crippen molar-refractivity contribution in [2.45, 2.75) is 56.4 Å². The van der Waals surface area contributed by atoms with E-state index in [9.17, 15) is 8.42 Å². The van der Waals surface area contributed by atoms with Gasteiger partial charge in [-0.1, -0.05) is 12.8 Å². The highest BCUT2D eigenvalue weighted by Crippen LogP contribution is 2.27. The van der Waals surface area contributed by atoms with E-state index >= 15 is 0 Å². The summed E-state index contributed by atoms with van der Waals surface area (Å²) in [6, 6.07) is 6.89. The molecule has 0 aliphatic carbocycles. The molecule has 0 spiro atoms. The molecule has 0 amide bonds. The molecule has 2 aliphatic rings. The van der Waals surface area contributed by atoms with Crippen molar-refractivity contribution in [1.82, 2.24) is 23.8 Å². The van der Waals surface area contributed by atoms with Crippen molar-refractivity contribution in [1.29, 1.82) is 0 Å². The molecule has 2 aromatic heterocycles. The minimum atomic E-state index is -3.43. The van der Waals surface area contributed by atoms with Crippen molar-refractivity contribution >= 4 is 32.7 Å². The second-order valence-corrected chi connectivity index (χ2v) is 9.94. The average molecular weight is 427 g/mol. The number of nitrogens with one attached hydrogen (secondary N) is 1. The van der Waals surface area contributed by atoms with Gasteiger partial charge < -0.3 is 9.88 Å².